The molecule has 1 amide bonds. The number of ether oxygens (including phenoxy) is 2. The van der Waals surface area contributed by atoms with Gasteiger partial charge in [-0.1, -0.05) is 45.1 Å². The molecule has 0 atom stereocenters. The third kappa shape index (κ3) is 9.92. The number of amides is 1. The molecule has 0 radical (unpaired) electrons. The number of nitrogens with one attached hydrogen (secondary N) is 1. The molecule has 0 spiro atoms. The van der Waals surface area contributed by atoms with Gasteiger partial charge in [0.2, 0.25) is 5.91 Å². The highest BCUT2D eigenvalue weighted by atomic mass is 31.2. The highest BCUT2D eigenvalue weighted by molar-refractivity contribution is 7.39. The molecule has 26 heavy (non-hydrogen) atoms. The van der Waals surface area contributed by atoms with Gasteiger partial charge in [0.05, 0.1) is 7.11 Å². The van der Waals surface area contributed by atoms with Crippen LogP contribution in [0, 0.1) is 0 Å². The van der Waals surface area contributed by atoms with E-state index in [2.05, 4.69) is 16.8 Å². The zero-order chi connectivity index (χ0) is 19.2. The number of unbranched alkanes of at least 4 members (excludes halogenated alkanes) is 5. The SMILES string of the molecule is CCCCCCCCC(=O)NCc1ccc(OCOP(O)O)c(OC)c1. The van der Waals surface area contributed by atoms with Crippen molar-refractivity contribution in [2.45, 2.75) is 58.4 Å². The smallest absolute Gasteiger partial charge is 0.330 e. The monoisotopic (exact) mass is 387 g/mol. The quantitative estimate of drug-likeness (QED) is 0.256. The lowest BCUT2D eigenvalue weighted by Crippen LogP contribution is -2.22. The number of carbonyl (C=O) groups excluding carboxylic acids is 1. The minimum atomic E-state index is -2.45. The van der Waals surface area contributed by atoms with Gasteiger partial charge >= 0.3 is 8.60 Å². The molecule has 1 rings (SSSR count). The molecule has 0 saturated heterocycles. The van der Waals surface area contributed by atoms with Gasteiger partial charge in [-0.3, -0.25) is 9.32 Å². The summed E-state index contributed by atoms with van der Waals surface area (Å²) >= 11 is 0. The van der Waals surface area contributed by atoms with Crippen molar-refractivity contribution in [1.29, 1.82) is 0 Å². The predicted octanol–water partition coefficient (Wildman–Crippen LogP) is 3.63. The largest absolute Gasteiger partial charge is 0.493 e. The van der Waals surface area contributed by atoms with Crippen molar-refractivity contribution >= 4 is 14.5 Å². The Balaban J connectivity index is 2.34. The molecule has 0 fully saturated rings. The molecule has 8 heteroatoms. The minimum absolute atomic E-state index is 0.0485. The summed E-state index contributed by atoms with van der Waals surface area (Å²) in [5.41, 5.74) is 0.887. The zero-order valence-electron chi connectivity index (χ0n) is 15.6. The van der Waals surface area contributed by atoms with Crippen LogP contribution in [0.3, 0.4) is 0 Å². The fourth-order valence-corrected chi connectivity index (χ4v) is 2.58. The Hall–Kier alpha value is -1.40. The highest BCUT2D eigenvalue weighted by Crippen LogP contribution is 2.30. The second-order valence-corrected chi connectivity index (χ2v) is 6.69. The fraction of sp³-hybridized carbons (Fsp3) is 0.611. The van der Waals surface area contributed by atoms with Crippen LogP contribution in [-0.2, 0) is 15.9 Å². The van der Waals surface area contributed by atoms with E-state index in [0.29, 0.717) is 24.5 Å². The Kier molecular flexibility index (Phi) is 12.0. The maximum absolute atomic E-state index is 11.9. The van der Waals surface area contributed by atoms with Crippen molar-refractivity contribution < 1.29 is 28.6 Å². The van der Waals surface area contributed by atoms with Crippen LogP contribution in [0.15, 0.2) is 18.2 Å². The Morgan fingerprint density at radius 1 is 1.12 bits per heavy atom. The van der Waals surface area contributed by atoms with E-state index in [9.17, 15) is 4.79 Å². The highest BCUT2D eigenvalue weighted by Gasteiger charge is 2.08. The average Bonchev–Trinajstić information content (AvgIpc) is 2.63. The summed E-state index contributed by atoms with van der Waals surface area (Å²) in [6.45, 7) is 2.32. The summed E-state index contributed by atoms with van der Waals surface area (Å²) in [4.78, 5) is 29.3. The molecule has 0 aliphatic rings. The maximum atomic E-state index is 11.9. The zero-order valence-corrected chi connectivity index (χ0v) is 16.5. The van der Waals surface area contributed by atoms with Crippen molar-refractivity contribution in [2.24, 2.45) is 0 Å². The van der Waals surface area contributed by atoms with Crippen molar-refractivity contribution in [2.75, 3.05) is 13.9 Å². The Bertz CT molecular complexity index is 526. The molecule has 0 heterocycles. The van der Waals surface area contributed by atoms with Gasteiger partial charge in [-0.25, -0.2) is 0 Å². The molecule has 0 aliphatic carbocycles. The summed E-state index contributed by atoms with van der Waals surface area (Å²) in [6.07, 6.45) is 7.50. The van der Waals surface area contributed by atoms with E-state index >= 15 is 0 Å². The van der Waals surface area contributed by atoms with Crippen LogP contribution in [0.2, 0.25) is 0 Å². The second kappa shape index (κ2) is 13.8. The number of carbonyl (C=O) groups is 1. The van der Waals surface area contributed by atoms with Crippen molar-refractivity contribution in [3.8, 4) is 11.5 Å². The number of hydrogen-bond donors (Lipinski definition) is 3. The van der Waals surface area contributed by atoms with Crippen molar-refractivity contribution in [1.82, 2.24) is 5.32 Å². The topological polar surface area (TPSA) is 97.3 Å². The first-order valence-corrected chi connectivity index (χ1v) is 10.1. The lowest BCUT2D eigenvalue weighted by Gasteiger charge is -2.13. The maximum Gasteiger partial charge on any atom is 0.330 e. The Labute approximate surface area is 156 Å². The molecule has 0 aliphatic heterocycles. The van der Waals surface area contributed by atoms with Gasteiger partial charge in [-0.15, -0.1) is 0 Å². The molecule has 148 valence electrons. The molecular formula is C18H30NO6P. The van der Waals surface area contributed by atoms with Gasteiger partial charge in [0.15, 0.2) is 18.3 Å². The summed E-state index contributed by atoms with van der Waals surface area (Å²) < 4.78 is 15.1. The van der Waals surface area contributed by atoms with E-state index in [0.717, 1.165) is 18.4 Å². The van der Waals surface area contributed by atoms with Gasteiger partial charge in [-0.2, -0.15) is 0 Å². The molecule has 0 unspecified atom stereocenters. The summed E-state index contributed by atoms with van der Waals surface area (Å²) in [5, 5.41) is 2.91. The van der Waals surface area contributed by atoms with E-state index < -0.39 is 8.60 Å². The van der Waals surface area contributed by atoms with Crippen LogP contribution in [-0.4, -0.2) is 29.6 Å². The van der Waals surface area contributed by atoms with E-state index in [1.54, 1.807) is 12.1 Å². The molecular weight excluding hydrogens is 357 g/mol. The summed E-state index contributed by atoms with van der Waals surface area (Å²) in [7, 11) is -0.945. The van der Waals surface area contributed by atoms with Crippen LogP contribution in [0.25, 0.3) is 0 Å². The summed E-state index contributed by atoms with van der Waals surface area (Å²) in [5.74, 6) is 0.954. The first kappa shape index (κ1) is 22.6. The second-order valence-electron chi connectivity index (χ2n) is 5.92. The molecule has 1 aromatic carbocycles. The number of methoxy groups -OCH3 is 1. The Morgan fingerprint density at radius 2 is 1.85 bits per heavy atom. The molecule has 0 bridgehead atoms. The van der Waals surface area contributed by atoms with Crippen LogP contribution in [0.4, 0.5) is 0 Å². The lowest BCUT2D eigenvalue weighted by molar-refractivity contribution is -0.121. The normalized spacial score (nSPS) is 10.8. The molecule has 0 aromatic heterocycles. The van der Waals surface area contributed by atoms with Crippen molar-refractivity contribution in [3.63, 3.8) is 0 Å². The summed E-state index contributed by atoms with van der Waals surface area (Å²) in [6, 6.07) is 5.26. The fourth-order valence-electron chi connectivity index (χ4n) is 2.43. The number of rotatable bonds is 14. The first-order valence-electron chi connectivity index (χ1n) is 8.94. The van der Waals surface area contributed by atoms with Crippen LogP contribution < -0.4 is 14.8 Å². The third-order valence-electron chi connectivity index (χ3n) is 3.86. The van der Waals surface area contributed by atoms with E-state index in [4.69, 9.17) is 19.3 Å². The number of hydrogen-bond acceptors (Lipinski definition) is 6. The van der Waals surface area contributed by atoms with E-state index in [1.807, 2.05) is 6.07 Å². The molecule has 0 saturated carbocycles. The molecule has 7 nitrogen and oxygen atoms in total. The van der Waals surface area contributed by atoms with Crippen LogP contribution >= 0.6 is 8.60 Å². The third-order valence-corrected chi connectivity index (χ3v) is 4.19. The predicted molar refractivity (Wildman–Crippen MR) is 101 cm³/mol. The number of benzene rings is 1. The lowest BCUT2D eigenvalue weighted by atomic mass is 10.1. The Morgan fingerprint density at radius 3 is 2.54 bits per heavy atom. The minimum Gasteiger partial charge on any atom is -0.493 e. The van der Waals surface area contributed by atoms with Crippen molar-refractivity contribution in [3.05, 3.63) is 23.8 Å². The standard InChI is InChI=1S/C18H30NO6P/c1-3-4-5-6-7-8-9-18(20)19-13-15-10-11-16(17(12-15)23-2)24-14-25-26(21)22/h10-12,21-22H,3-9,13-14H2,1-2H3,(H,19,20). The molecule has 1 aromatic rings. The van der Waals surface area contributed by atoms with E-state index in [1.165, 1.54) is 32.8 Å². The van der Waals surface area contributed by atoms with Gasteiger partial charge < -0.3 is 24.6 Å². The average molecular weight is 387 g/mol. The van der Waals surface area contributed by atoms with Gasteiger partial charge in [0.1, 0.15) is 0 Å². The van der Waals surface area contributed by atoms with Gasteiger partial charge in [-0.05, 0) is 24.1 Å². The molecule has 3 N–H and O–H groups in total. The van der Waals surface area contributed by atoms with Crippen LogP contribution in [0.1, 0.15) is 57.4 Å². The van der Waals surface area contributed by atoms with Crippen LogP contribution in [0.5, 0.6) is 11.5 Å². The van der Waals surface area contributed by atoms with Gasteiger partial charge in [0.25, 0.3) is 0 Å². The van der Waals surface area contributed by atoms with E-state index in [-0.39, 0.29) is 12.7 Å². The van der Waals surface area contributed by atoms with Gasteiger partial charge in [0, 0.05) is 13.0 Å². The first-order chi connectivity index (χ1) is 12.6.